The van der Waals surface area contributed by atoms with E-state index >= 15 is 0 Å². The molecule has 12 nitrogen and oxygen atoms in total. The van der Waals surface area contributed by atoms with Gasteiger partial charge in [-0.25, -0.2) is 9.97 Å². The Kier molecular flexibility index (Phi) is 16.7. The third kappa shape index (κ3) is 11.5. The summed E-state index contributed by atoms with van der Waals surface area (Å²) in [7, 11) is 0. The van der Waals surface area contributed by atoms with Crippen LogP contribution in [-0.2, 0) is 0 Å². The smallest absolute Gasteiger partial charge is 0.238 e. The van der Waals surface area contributed by atoms with E-state index in [1.165, 1.54) is 76.3 Å². The fraction of sp³-hybridized carbons (Fsp3) is 0. The van der Waals surface area contributed by atoms with Crippen molar-refractivity contribution in [1.82, 2.24) is 57.3 Å². The number of rotatable bonds is 12. The topological polar surface area (TPSA) is 107 Å². The molecule has 8 aromatic heterocycles. The first-order valence-electron chi connectivity index (χ1n) is 42.6. The van der Waals surface area contributed by atoms with Crippen molar-refractivity contribution in [3.05, 3.63) is 437 Å². The Bertz CT molecular complexity index is 8620. The number of nitrogens with zero attached hydrogens (tertiary/aromatic N) is 12. The summed E-state index contributed by atoms with van der Waals surface area (Å²) in [5, 5.41) is 14.4. The van der Waals surface area contributed by atoms with Gasteiger partial charge < -0.3 is 18.3 Å². The zero-order valence-corrected chi connectivity index (χ0v) is 67.9. The van der Waals surface area contributed by atoms with Crippen LogP contribution in [0.4, 0.5) is 0 Å². The summed E-state index contributed by atoms with van der Waals surface area (Å²) >= 11 is 0. The second-order valence-electron chi connectivity index (χ2n) is 32.0. The highest BCUT2D eigenvalue weighted by Gasteiger charge is 2.27. The zero-order valence-electron chi connectivity index (χ0n) is 67.9. The lowest BCUT2D eigenvalue weighted by atomic mass is 9.95. The Morgan fingerprint density at radius 3 is 0.619 bits per heavy atom. The van der Waals surface area contributed by atoms with Crippen molar-refractivity contribution in [1.29, 1.82) is 0 Å². The van der Waals surface area contributed by atoms with Crippen molar-refractivity contribution >= 4 is 131 Å². The Labute approximate surface area is 722 Å². The largest absolute Gasteiger partial charge is 0.309 e. The maximum absolute atomic E-state index is 5.20. The quantitative estimate of drug-likeness (QED) is 0.121. The van der Waals surface area contributed by atoms with E-state index < -0.39 is 0 Å². The molecular weight excluding hydrogens is 1540 g/mol. The SMILES string of the molecule is c1ccc(-c2nc(-c3ccccc3)nc(-n3c4ccccc4c4c(-c5cccc6c5c5ccccc5n6-c5ccc(-n6c7ccccc7c7ccccc76)cc5)cccc43)n2)cc1.c1ccc(-c2nc(-c3ccccc3)nc(-n3c4ccccc4c4c(-c5cccc6c5c5ccccc5n6-c5cccc(-n6c7ccccc7c7ccccc76)c5)cccc43)n2)cc1. The molecular formula is C114H72N12. The van der Waals surface area contributed by atoms with Crippen LogP contribution in [0.5, 0.6) is 0 Å². The van der Waals surface area contributed by atoms with Crippen LogP contribution in [-0.4, -0.2) is 57.3 Å². The van der Waals surface area contributed by atoms with Gasteiger partial charge >= 0.3 is 0 Å². The molecule has 26 aromatic rings. The first kappa shape index (κ1) is 71.7. The lowest BCUT2D eigenvalue weighted by Gasteiger charge is -2.13. The lowest BCUT2D eigenvalue weighted by molar-refractivity contribution is 0.953. The second kappa shape index (κ2) is 29.3. The van der Waals surface area contributed by atoms with Crippen molar-refractivity contribution in [2.24, 2.45) is 0 Å². The van der Waals surface area contributed by atoms with Gasteiger partial charge in [0.2, 0.25) is 11.9 Å². The molecule has 0 aliphatic carbocycles. The molecule has 0 aliphatic heterocycles. The lowest BCUT2D eigenvalue weighted by Crippen LogP contribution is -2.06. The van der Waals surface area contributed by atoms with E-state index in [-0.39, 0.29) is 0 Å². The molecule has 0 saturated carbocycles. The van der Waals surface area contributed by atoms with Crippen molar-refractivity contribution in [3.63, 3.8) is 0 Å². The normalized spacial score (nSPS) is 11.8. The molecule has 0 fully saturated rings. The maximum atomic E-state index is 5.20. The van der Waals surface area contributed by atoms with Crippen LogP contribution >= 0.6 is 0 Å². The first-order chi connectivity index (χ1) is 62.6. The van der Waals surface area contributed by atoms with Gasteiger partial charge in [-0.1, -0.05) is 322 Å². The average molecular weight is 1610 g/mol. The van der Waals surface area contributed by atoms with E-state index in [0.29, 0.717) is 35.2 Å². The molecule has 8 heterocycles. The minimum absolute atomic E-state index is 0.573. The van der Waals surface area contributed by atoms with Crippen LogP contribution in [0.2, 0.25) is 0 Å². The summed E-state index contributed by atoms with van der Waals surface area (Å²) in [6.07, 6.45) is 0. The predicted molar refractivity (Wildman–Crippen MR) is 518 cm³/mol. The molecule has 0 bridgehead atoms. The van der Waals surface area contributed by atoms with E-state index in [2.05, 4.69) is 391 Å². The van der Waals surface area contributed by atoms with Gasteiger partial charge in [-0.3, -0.25) is 9.13 Å². The molecule has 126 heavy (non-hydrogen) atoms. The Hall–Kier alpha value is -17.2. The summed E-state index contributed by atoms with van der Waals surface area (Å²) in [5.41, 5.74) is 26.3. The van der Waals surface area contributed by atoms with E-state index in [0.717, 1.165) is 122 Å². The molecule has 0 spiro atoms. The van der Waals surface area contributed by atoms with E-state index in [1.807, 2.05) is 72.8 Å². The Morgan fingerprint density at radius 1 is 0.135 bits per heavy atom. The van der Waals surface area contributed by atoms with Crippen molar-refractivity contribution in [2.75, 3.05) is 0 Å². The van der Waals surface area contributed by atoms with Crippen molar-refractivity contribution < 1.29 is 0 Å². The highest BCUT2D eigenvalue weighted by Crippen LogP contribution is 2.48. The molecule has 12 heteroatoms. The Balaban J connectivity index is 0.000000137. The van der Waals surface area contributed by atoms with Crippen molar-refractivity contribution in [2.45, 2.75) is 0 Å². The molecule has 0 aliphatic rings. The minimum atomic E-state index is 0.573. The number of aromatic nitrogens is 12. The molecule has 18 aromatic carbocycles. The predicted octanol–water partition coefficient (Wildman–Crippen LogP) is 28.3. The van der Waals surface area contributed by atoms with E-state index in [4.69, 9.17) is 29.9 Å². The number of fused-ring (bicyclic) bond motifs is 18. The molecule has 0 amide bonds. The number of benzene rings is 18. The summed E-state index contributed by atoms with van der Waals surface area (Å²) < 4.78 is 14.0. The summed E-state index contributed by atoms with van der Waals surface area (Å²) in [6, 6.07) is 155. The van der Waals surface area contributed by atoms with Gasteiger partial charge in [0.15, 0.2) is 23.3 Å². The molecule has 0 saturated heterocycles. The fourth-order valence-electron chi connectivity index (χ4n) is 19.7. The summed E-state index contributed by atoms with van der Waals surface area (Å²) in [6.45, 7) is 0. The van der Waals surface area contributed by atoms with Gasteiger partial charge in [0.25, 0.3) is 0 Å². The number of hydrogen-bond acceptors (Lipinski definition) is 6. The highest BCUT2D eigenvalue weighted by molar-refractivity contribution is 6.24. The maximum Gasteiger partial charge on any atom is 0.238 e. The Morgan fingerprint density at radius 2 is 0.333 bits per heavy atom. The minimum Gasteiger partial charge on any atom is -0.309 e. The zero-order chi connectivity index (χ0) is 82.9. The van der Waals surface area contributed by atoms with Gasteiger partial charge in [-0.2, -0.15) is 19.9 Å². The van der Waals surface area contributed by atoms with E-state index in [9.17, 15) is 0 Å². The van der Waals surface area contributed by atoms with Crippen LogP contribution in [0.3, 0.4) is 0 Å². The summed E-state index contributed by atoms with van der Waals surface area (Å²) in [4.78, 5) is 30.8. The molecule has 0 radical (unpaired) electrons. The van der Waals surface area contributed by atoms with Gasteiger partial charge in [-0.05, 0) is 138 Å². The average Bonchev–Trinajstić information content (AvgIpc) is 1.56. The third-order valence-electron chi connectivity index (χ3n) is 25.0. The third-order valence-corrected chi connectivity index (χ3v) is 25.0. The van der Waals surface area contributed by atoms with Gasteiger partial charge in [-0.15, -0.1) is 0 Å². The first-order valence-corrected chi connectivity index (χ1v) is 42.6. The van der Waals surface area contributed by atoms with Crippen LogP contribution in [0.25, 0.3) is 233 Å². The number of para-hydroxylation sites is 8. The van der Waals surface area contributed by atoms with Crippen LogP contribution in [0.1, 0.15) is 0 Å². The molecule has 0 N–H and O–H groups in total. The molecule has 26 rings (SSSR count). The van der Waals surface area contributed by atoms with Crippen LogP contribution in [0, 0.1) is 0 Å². The van der Waals surface area contributed by atoms with Crippen LogP contribution < -0.4 is 0 Å². The number of hydrogen-bond donors (Lipinski definition) is 0. The molecule has 0 unspecified atom stereocenters. The molecule has 588 valence electrons. The second-order valence-corrected chi connectivity index (χ2v) is 32.0. The van der Waals surface area contributed by atoms with Crippen LogP contribution in [0.15, 0.2) is 437 Å². The van der Waals surface area contributed by atoms with Crippen molar-refractivity contribution in [3.8, 4) is 102 Å². The van der Waals surface area contributed by atoms with Gasteiger partial charge in [0, 0.05) is 110 Å². The van der Waals surface area contributed by atoms with Gasteiger partial charge in [0.1, 0.15) is 0 Å². The summed E-state index contributed by atoms with van der Waals surface area (Å²) in [5.74, 6) is 3.65. The molecule has 0 atom stereocenters. The van der Waals surface area contributed by atoms with E-state index in [1.54, 1.807) is 0 Å². The monoisotopic (exact) mass is 1610 g/mol. The fourth-order valence-corrected chi connectivity index (χ4v) is 19.7. The van der Waals surface area contributed by atoms with Gasteiger partial charge in [0.05, 0.1) is 66.2 Å². The highest BCUT2D eigenvalue weighted by atomic mass is 15.2. The standard InChI is InChI=1S/2C57H36N6/c1-3-18-37(19-4-1)55-58-56(38-20-5-2-6-21-38)60-57(59-55)63-50-33-14-10-27-46(50)54-44(29-17-35-52(54)63)43-28-16-34-51-53(43)45-26-9-13-32-49(45)62(51)40-23-15-22-39(36-40)61-47-30-11-7-24-41(47)42-25-8-12-31-48(42)61;1-3-17-37(18-4-1)55-58-56(38-19-5-2-6-20-38)60-57(59-55)63-50-30-14-10-24-46(50)54-44(26-16-32-52(54)63)43-25-15-31-51-53(43)45-23-9-13-29-49(45)62(51)40-35-33-39(34-36-40)61-47-27-11-7-21-41(47)42-22-8-12-28-48(42)61/h2*1-36H.